The first kappa shape index (κ1) is 18.4. The molecule has 0 spiro atoms. The normalized spacial score (nSPS) is 13.4. The molecule has 126 valence electrons. The van der Waals surface area contributed by atoms with Crippen molar-refractivity contribution in [3.8, 4) is 0 Å². The van der Waals surface area contributed by atoms with Gasteiger partial charge in [0.15, 0.2) is 0 Å². The van der Waals surface area contributed by atoms with Gasteiger partial charge in [0, 0.05) is 17.6 Å². The van der Waals surface area contributed by atoms with Gasteiger partial charge in [0.05, 0.1) is 0 Å². The van der Waals surface area contributed by atoms with E-state index in [1.165, 1.54) is 11.3 Å². The molecule has 7 heteroatoms. The van der Waals surface area contributed by atoms with Crippen LogP contribution in [0.4, 0.5) is 0 Å². The lowest BCUT2D eigenvalue weighted by Crippen LogP contribution is -2.38. The molecule has 0 amide bonds. The summed E-state index contributed by atoms with van der Waals surface area (Å²) < 4.78 is 27.8. The minimum Gasteiger partial charge on any atom is -0.296 e. The summed E-state index contributed by atoms with van der Waals surface area (Å²) in [6.45, 7) is 6.02. The minimum absolute atomic E-state index is 0.103. The molecule has 0 aliphatic rings. The molecule has 4 nitrogen and oxygen atoms in total. The Morgan fingerprint density at radius 1 is 1.17 bits per heavy atom. The van der Waals surface area contributed by atoms with E-state index in [-0.39, 0.29) is 12.6 Å². The van der Waals surface area contributed by atoms with Gasteiger partial charge in [0.25, 0.3) is 0 Å². The summed E-state index contributed by atoms with van der Waals surface area (Å²) in [6, 6.07) is 10.8. The van der Waals surface area contributed by atoms with Crippen molar-refractivity contribution in [2.45, 2.75) is 24.1 Å². The Morgan fingerprint density at radius 2 is 1.87 bits per heavy atom. The molecule has 2 rings (SSSR count). The molecule has 0 aliphatic heterocycles. The van der Waals surface area contributed by atoms with Crippen LogP contribution in [0.2, 0.25) is 5.02 Å². The van der Waals surface area contributed by atoms with Crippen LogP contribution in [0.25, 0.3) is 0 Å². The highest BCUT2D eigenvalue weighted by Crippen LogP contribution is 2.27. The second-order valence-corrected chi connectivity index (χ2v) is 8.39. The fourth-order valence-electron chi connectivity index (χ4n) is 2.52. The van der Waals surface area contributed by atoms with E-state index in [4.69, 9.17) is 11.6 Å². The van der Waals surface area contributed by atoms with Crippen LogP contribution in [-0.4, -0.2) is 33.0 Å². The van der Waals surface area contributed by atoms with Gasteiger partial charge >= 0.3 is 0 Å². The second kappa shape index (κ2) is 8.26. The number of nitrogens with one attached hydrogen (secondary N) is 1. The van der Waals surface area contributed by atoms with Gasteiger partial charge in [-0.3, -0.25) is 4.90 Å². The Bertz CT molecular complexity index is 713. The first-order valence-corrected chi connectivity index (χ1v) is 10.2. The summed E-state index contributed by atoms with van der Waals surface area (Å²) in [6.07, 6.45) is 0. The van der Waals surface area contributed by atoms with Crippen LogP contribution in [-0.2, 0) is 10.0 Å². The highest BCUT2D eigenvalue weighted by atomic mass is 35.5. The molecule has 1 unspecified atom stereocenters. The van der Waals surface area contributed by atoms with Crippen molar-refractivity contribution >= 4 is 33.0 Å². The first-order valence-electron chi connectivity index (χ1n) is 7.51. The van der Waals surface area contributed by atoms with Gasteiger partial charge in [-0.15, -0.1) is 11.3 Å². The van der Waals surface area contributed by atoms with Crippen molar-refractivity contribution in [2.75, 3.05) is 19.6 Å². The molecule has 0 fully saturated rings. The minimum atomic E-state index is -3.48. The predicted octanol–water partition coefficient (Wildman–Crippen LogP) is 3.76. The maximum Gasteiger partial charge on any atom is 0.250 e. The molecule has 1 N–H and O–H groups in total. The topological polar surface area (TPSA) is 49.4 Å². The van der Waals surface area contributed by atoms with Crippen molar-refractivity contribution in [2.24, 2.45) is 0 Å². The summed E-state index contributed by atoms with van der Waals surface area (Å²) in [4.78, 5) is 2.19. The van der Waals surface area contributed by atoms with Crippen molar-refractivity contribution in [1.82, 2.24) is 9.62 Å². The van der Waals surface area contributed by atoms with E-state index in [9.17, 15) is 8.42 Å². The van der Waals surface area contributed by atoms with Gasteiger partial charge < -0.3 is 0 Å². The standard InChI is InChI=1S/C16H21ClN2O2S2/c1-3-19(4-2)15(13-8-5-6-9-14(13)17)12-18-23(20,21)16-10-7-11-22-16/h5-11,15,18H,3-4,12H2,1-2H3. The molecule has 2 aromatic rings. The molecule has 0 aliphatic carbocycles. The van der Waals surface area contributed by atoms with Gasteiger partial charge in [-0.25, -0.2) is 13.1 Å². The SMILES string of the molecule is CCN(CC)C(CNS(=O)(=O)c1cccs1)c1ccccc1Cl. The monoisotopic (exact) mass is 372 g/mol. The van der Waals surface area contributed by atoms with Gasteiger partial charge in [-0.05, 0) is 36.2 Å². The van der Waals surface area contributed by atoms with Crippen LogP contribution in [0.5, 0.6) is 0 Å². The predicted molar refractivity (Wildman–Crippen MR) is 96.6 cm³/mol. The van der Waals surface area contributed by atoms with Crippen LogP contribution < -0.4 is 4.72 Å². The third kappa shape index (κ3) is 4.55. The molecule has 1 aromatic carbocycles. The van der Waals surface area contributed by atoms with E-state index in [0.717, 1.165) is 18.7 Å². The Morgan fingerprint density at radius 3 is 2.43 bits per heavy atom. The Labute approximate surface area is 147 Å². The van der Waals surface area contributed by atoms with E-state index in [2.05, 4.69) is 23.5 Å². The van der Waals surface area contributed by atoms with Crippen molar-refractivity contribution < 1.29 is 8.42 Å². The van der Waals surface area contributed by atoms with Gasteiger partial charge in [-0.2, -0.15) is 0 Å². The maximum absolute atomic E-state index is 12.4. The number of halogens is 1. The third-order valence-electron chi connectivity index (χ3n) is 3.74. The average molecular weight is 373 g/mol. The van der Waals surface area contributed by atoms with Gasteiger partial charge in [0.1, 0.15) is 4.21 Å². The first-order chi connectivity index (χ1) is 11.0. The maximum atomic E-state index is 12.4. The number of sulfonamides is 1. The lowest BCUT2D eigenvalue weighted by Gasteiger charge is -2.30. The van der Waals surface area contributed by atoms with E-state index >= 15 is 0 Å². The van der Waals surface area contributed by atoms with Gasteiger partial charge in [-0.1, -0.05) is 49.7 Å². The Hall–Kier alpha value is -0.920. The molecular weight excluding hydrogens is 352 g/mol. The number of nitrogens with zero attached hydrogens (tertiary/aromatic N) is 1. The van der Waals surface area contributed by atoms with E-state index in [0.29, 0.717) is 9.23 Å². The zero-order valence-electron chi connectivity index (χ0n) is 13.2. The molecule has 1 atom stereocenters. The highest BCUT2D eigenvalue weighted by Gasteiger charge is 2.23. The lowest BCUT2D eigenvalue weighted by atomic mass is 10.1. The molecule has 1 aromatic heterocycles. The van der Waals surface area contributed by atoms with Crippen LogP contribution in [0.15, 0.2) is 46.0 Å². The quantitative estimate of drug-likeness (QED) is 0.767. The Balaban J connectivity index is 2.24. The van der Waals surface area contributed by atoms with E-state index in [1.54, 1.807) is 17.5 Å². The number of benzene rings is 1. The summed E-state index contributed by atoms with van der Waals surface area (Å²) in [5.41, 5.74) is 0.937. The zero-order chi connectivity index (χ0) is 16.9. The molecule has 1 heterocycles. The summed E-state index contributed by atoms with van der Waals surface area (Å²) in [7, 11) is -3.48. The van der Waals surface area contributed by atoms with E-state index in [1.807, 2.05) is 24.3 Å². The number of likely N-dealkylation sites (N-methyl/N-ethyl adjacent to an activating group) is 1. The van der Waals surface area contributed by atoms with Crippen molar-refractivity contribution in [3.05, 3.63) is 52.4 Å². The van der Waals surface area contributed by atoms with Crippen molar-refractivity contribution in [1.29, 1.82) is 0 Å². The molecule has 0 saturated heterocycles. The van der Waals surface area contributed by atoms with Crippen molar-refractivity contribution in [3.63, 3.8) is 0 Å². The summed E-state index contributed by atoms with van der Waals surface area (Å²) in [5, 5.41) is 2.41. The molecule has 0 saturated carbocycles. The summed E-state index contributed by atoms with van der Waals surface area (Å²) >= 11 is 7.53. The van der Waals surface area contributed by atoms with Crippen LogP contribution in [0.1, 0.15) is 25.5 Å². The largest absolute Gasteiger partial charge is 0.296 e. The molecule has 0 bridgehead atoms. The number of hydrogen-bond donors (Lipinski definition) is 1. The van der Waals surface area contributed by atoms with E-state index < -0.39 is 10.0 Å². The molecule has 23 heavy (non-hydrogen) atoms. The molecular formula is C16H21ClN2O2S2. The van der Waals surface area contributed by atoms with Crippen LogP contribution in [0.3, 0.4) is 0 Å². The van der Waals surface area contributed by atoms with Crippen LogP contribution in [0, 0.1) is 0 Å². The fraction of sp³-hybridized carbons (Fsp3) is 0.375. The van der Waals surface area contributed by atoms with Crippen LogP contribution >= 0.6 is 22.9 Å². The second-order valence-electron chi connectivity index (χ2n) is 5.04. The fourth-order valence-corrected chi connectivity index (χ4v) is 4.86. The third-order valence-corrected chi connectivity index (χ3v) is 6.91. The smallest absolute Gasteiger partial charge is 0.250 e. The number of rotatable bonds is 8. The zero-order valence-corrected chi connectivity index (χ0v) is 15.6. The van der Waals surface area contributed by atoms with Gasteiger partial charge in [0.2, 0.25) is 10.0 Å². The number of thiophene rings is 1. The Kier molecular flexibility index (Phi) is 6.61. The number of hydrogen-bond acceptors (Lipinski definition) is 4. The lowest BCUT2D eigenvalue weighted by molar-refractivity contribution is 0.220. The summed E-state index contributed by atoms with van der Waals surface area (Å²) in [5.74, 6) is 0. The highest BCUT2D eigenvalue weighted by molar-refractivity contribution is 7.91. The molecule has 0 radical (unpaired) electrons. The average Bonchev–Trinajstić information content (AvgIpc) is 3.08.